The number of hydrogen-bond acceptors (Lipinski definition) is 6. The Morgan fingerprint density at radius 2 is 1.54 bits per heavy atom. The first kappa shape index (κ1) is 24.7. The highest BCUT2D eigenvalue weighted by Gasteiger charge is 2.53. The van der Waals surface area contributed by atoms with Crippen molar-refractivity contribution in [3.05, 3.63) is 113 Å². The van der Waals surface area contributed by atoms with Gasteiger partial charge in [-0.25, -0.2) is 4.79 Å². The van der Waals surface area contributed by atoms with E-state index in [0.29, 0.717) is 29.0 Å². The third kappa shape index (κ3) is 3.95. The van der Waals surface area contributed by atoms with Crippen molar-refractivity contribution in [2.45, 2.75) is 32.8 Å². The molecule has 2 aliphatic rings. The second kappa shape index (κ2) is 9.62. The maximum Gasteiger partial charge on any atom is 0.340 e. The van der Waals surface area contributed by atoms with Gasteiger partial charge in [0.1, 0.15) is 11.5 Å². The lowest BCUT2D eigenvalue weighted by atomic mass is 9.77. The summed E-state index contributed by atoms with van der Waals surface area (Å²) in [4.78, 5) is 27.5. The molecule has 196 valence electrons. The number of ketones is 1. The lowest BCUT2D eigenvalue weighted by molar-refractivity contribution is 0.0224. The van der Waals surface area contributed by atoms with Crippen LogP contribution in [0.15, 0.2) is 84.9 Å². The lowest BCUT2D eigenvalue weighted by Crippen LogP contribution is -2.33. The molecular weight excluding hydrogens is 488 g/mol. The minimum atomic E-state index is -1.13. The van der Waals surface area contributed by atoms with Crippen LogP contribution in [-0.4, -0.2) is 24.8 Å². The van der Waals surface area contributed by atoms with E-state index in [1.54, 1.807) is 0 Å². The zero-order valence-corrected chi connectivity index (χ0v) is 22.3. The number of esters is 1. The van der Waals surface area contributed by atoms with Crippen molar-refractivity contribution in [1.29, 1.82) is 0 Å². The number of carbonyl (C=O) groups is 2. The van der Waals surface area contributed by atoms with Crippen molar-refractivity contribution in [3.63, 3.8) is 0 Å². The monoisotopic (exact) mass is 518 g/mol. The van der Waals surface area contributed by atoms with Crippen LogP contribution in [0.3, 0.4) is 0 Å². The molecule has 0 saturated carbocycles. The van der Waals surface area contributed by atoms with Crippen LogP contribution in [0.25, 0.3) is 0 Å². The van der Waals surface area contributed by atoms with Gasteiger partial charge in [-0.15, -0.1) is 0 Å². The molecule has 39 heavy (non-hydrogen) atoms. The molecule has 6 rings (SSSR count). The Morgan fingerprint density at radius 3 is 2.28 bits per heavy atom. The fraction of sp³-hybridized carbons (Fsp3) is 0.212. The van der Waals surface area contributed by atoms with Gasteiger partial charge in [0.2, 0.25) is 0 Å². The fourth-order valence-corrected chi connectivity index (χ4v) is 5.63. The first-order valence-corrected chi connectivity index (χ1v) is 13.4. The number of anilines is 3. The summed E-state index contributed by atoms with van der Waals surface area (Å²) < 4.78 is 12.8. The summed E-state index contributed by atoms with van der Waals surface area (Å²) in [6, 6.07) is 27.0. The van der Waals surface area contributed by atoms with Crippen molar-refractivity contribution in [1.82, 2.24) is 0 Å². The molecule has 0 radical (unpaired) electrons. The summed E-state index contributed by atoms with van der Waals surface area (Å²) in [6.07, 6.45) is 0.470. The molecule has 0 aromatic heterocycles. The molecule has 0 fully saturated rings. The van der Waals surface area contributed by atoms with Gasteiger partial charge < -0.3 is 19.7 Å². The van der Waals surface area contributed by atoms with E-state index in [4.69, 9.17) is 9.47 Å². The smallest absolute Gasteiger partial charge is 0.340 e. The largest absolute Gasteiger partial charge is 0.456 e. The molecule has 1 atom stereocenters. The van der Waals surface area contributed by atoms with E-state index in [1.807, 2.05) is 85.8 Å². The number of benzene rings is 4. The quantitative estimate of drug-likeness (QED) is 0.203. The van der Waals surface area contributed by atoms with E-state index in [1.165, 1.54) is 0 Å². The molecule has 2 aliphatic heterocycles. The third-order valence-corrected chi connectivity index (χ3v) is 7.64. The molecule has 1 N–H and O–H groups in total. The van der Waals surface area contributed by atoms with Crippen LogP contribution in [-0.2, 0) is 10.3 Å². The molecule has 0 saturated heterocycles. The number of hydrogen-bond donors (Lipinski definition) is 1. The van der Waals surface area contributed by atoms with Gasteiger partial charge in [0.15, 0.2) is 11.4 Å². The highest BCUT2D eigenvalue weighted by molar-refractivity contribution is 5.97. The number of carbonyl (C=O) groups excluding carboxylic acids is 2. The summed E-state index contributed by atoms with van der Waals surface area (Å²) in [7, 11) is 0. The van der Waals surface area contributed by atoms with Gasteiger partial charge in [-0.3, -0.25) is 4.79 Å². The van der Waals surface area contributed by atoms with Crippen LogP contribution in [0.2, 0.25) is 0 Å². The molecule has 0 amide bonds. The number of rotatable bonds is 7. The summed E-state index contributed by atoms with van der Waals surface area (Å²) >= 11 is 0. The van der Waals surface area contributed by atoms with E-state index < -0.39 is 5.60 Å². The summed E-state index contributed by atoms with van der Waals surface area (Å²) in [5.74, 6) is 1.07. The number of Topliss-reactive ketones (excluding diaryl/α,β-unsaturated/α-hetero) is 1. The van der Waals surface area contributed by atoms with Gasteiger partial charge in [-0.2, -0.15) is 0 Å². The van der Waals surface area contributed by atoms with Crippen LogP contribution in [0, 0.1) is 0 Å². The Morgan fingerprint density at radius 1 is 0.795 bits per heavy atom. The van der Waals surface area contributed by atoms with E-state index >= 15 is 0 Å². The average Bonchev–Trinajstić information content (AvgIpc) is 3.27. The van der Waals surface area contributed by atoms with E-state index in [9.17, 15) is 9.59 Å². The Balaban J connectivity index is 1.47. The molecule has 4 aromatic rings. The standard InChI is InChI=1S/C33H30N2O4/c1-4-29(36)21-11-13-22(14-12-21)34-23-15-18-30-28(19-23)33(26-10-8-7-9-25(26)32(37)39-33)27-17-16-24(20-31(27)38-30)35(5-2)6-3/h7-20,34H,4-6H2,1-3H3. The molecular formula is C33H30N2O4. The van der Waals surface area contributed by atoms with Crippen LogP contribution in [0.1, 0.15) is 64.6 Å². The Bertz CT molecular complexity index is 1590. The zero-order chi connectivity index (χ0) is 27.1. The van der Waals surface area contributed by atoms with Crippen molar-refractivity contribution in [2.75, 3.05) is 23.3 Å². The molecule has 4 aromatic carbocycles. The zero-order valence-electron chi connectivity index (χ0n) is 22.3. The van der Waals surface area contributed by atoms with Gasteiger partial charge >= 0.3 is 5.97 Å². The molecule has 0 aliphatic carbocycles. The molecule has 1 spiro atoms. The summed E-state index contributed by atoms with van der Waals surface area (Å²) in [5, 5.41) is 3.43. The third-order valence-electron chi connectivity index (χ3n) is 7.64. The molecule has 2 heterocycles. The predicted molar refractivity (Wildman–Crippen MR) is 153 cm³/mol. The Labute approximate surface area is 228 Å². The topological polar surface area (TPSA) is 67.9 Å². The van der Waals surface area contributed by atoms with Gasteiger partial charge in [0.05, 0.1) is 5.56 Å². The highest BCUT2D eigenvalue weighted by Crippen LogP contribution is 2.57. The molecule has 6 nitrogen and oxygen atoms in total. The fourth-order valence-electron chi connectivity index (χ4n) is 5.63. The second-order valence-corrected chi connectivity index (χ2v) is 9.76. The SMILES string of the molecule is CCC(=O)c1ccc(Nc2ccc3c(c2)C2(OC(=O)c4ccccc42)c2ccc(N(CC)CC)cc2O3)cc1. The van der Waals surface area contributed by atoms with Crippen molar-refractivity contribution >= 4 is 28.8 Å². The normalized spacial score (nSPS) is 16.5. The Hall–Kier alpha value is -4.58. The van der Waals surface area contributed by atoms with E-state index in [2.05, 4.69) is 30.1 Å². The number of nitrogens with one attached hydrogen (secondary N) is 1. The van der Waals surface area contributed by atoms with Gasteiger partial charge in [0.25, 0.3) is 0 Å². The number of ether oxygens (including phenoxy) is 2. The minimum Gasteiger partial charge on any atom is -0.456 e. The first-order chi connectivity index (χ1) is 19.0. The van der Waals surface area contributed by atoms with E-state index in [-0.39, 0.29) is 11.8 Å². The number of nitrogens with zero attached hydrogens (tertiary/aromatic N) is 1. The molecule has 6 heteroatoms. The maximum absolute atomic E-state index is 13.2. The maximum atomic E-state index is 13.2. The molecule has 0 bridgehead atoms. The predicted octanol–water partition coefficient (Wildman–Crippen LogP) is 7.44. The van der Waals surface area contributed by atoms with Crippen molar-refractivity contribution in [2.24, 2.45) is 0 Å². The second-order valence-electron chi connectivity index (χ2n) is 9.76. The lowest BCUT2D eigenvalue weighted by Gasteiger charge is -2.37. The number of fused-ring (bicyclic) bond motifs is 6. The summed E-state index contributed by atoms with van der Waals surface area (Å²) in [6.45, 7) is 7.85. The molecule has 1 unspecified atom stereocenters. The van der Waals surface area contributed by atoms with Crippen molar-refractivity contribution in [3.8, 4) is 11.5 Å². The first-order valence-electron chi connectivity index (χ1n) is 13.4. The minimum absolute atomic E-state index is 0.110. The Kier molecular flexibility index (Phi) is 6.10. The van der Waals surface area contributed by atoms with Crippen LogP contribution in [0.4, 0.5) is 17.1 Å². The summed E-state index contributed by atoms with van der Waals surface area (Å²) in [5.41, 5.74) is 5.18. The van der Waals surface area contributed by atoms with Crippen LogP contribution >= 0.6 is 0 Å². The van der Waals surface area contributed by atoms with Gasteiger partial charge in [-0.05, 0) is 74.5 Å². The van der Waals surface area contributed by atoms with Gasteiger partial charge in [0, 0.05) is 64.9 Å². The average molecular weight is 519 g/mol. The highest BCUT2D eigenvalue weighted by atomic mass is 16.6. The van der Waals surface area contributed by atoms with Crippen molar-refractivity contribution < 1.29 is 19.1 Å². The van der Waals surface area contributed by atoms with Crippen LogP contribution in [0.5, 0.6) is 11.5 Å². The van der Waals surface area contributed by atoms with E-state index in [0.717, 1.165) is 46.8 Å². The van der Waals surface area contributed by atoms with Crippen LogP contribution < -0.4 is 15.0 Å². The van der Waals surface area contributed by atoms with Gasteiger partial charge in [-0.1, -0.05) is 25.1 Å².